The van der Waals surface area contributed by atoms with E-state index in [2.05, 4.69) is 0 Å². The molecule has 150 valence electrons. The Balaban J connectivity index is 1.33. The number of aliphatic hydroxyl groups excluding tert-OH is 2. The number of hydrogen-bond donors (Lipinski definition) is 2. The van der Waals surface area contributed by atoms with Crippen LogP contribution in [0.5, 0.6) is 0 Å². The molecule has 4 rings (SSSR count). The van der Waals surface area contributed by atoms with Crippen LogP contribution in [0.25, 0.3) is 0 Å². The summed E-state index contributed by atoms with van der Waals surface area (Å²) in [5, 5.41) is 21.7. The van der Waals surface area contributed by atoms with Gasteiger partial charge in [0.15, 0.2) is 0 Å². The average molecular weight is 363 g/mol. The minimum atomic E-state index is -0.0667. The molecule has 0 heterocycles. The first-order valence-electron chi connectivity index (χ1n) is 12.1. The van der Waals surface area contributed by atoms with Gasteiger partial charge in [0.2, 0.25) is 0 Å². The number of aliphatic hydroxyl groups is 2. The fraction of sp³-hybridized carbons (Fsp3) is 1.00. The van der Waals surface area contributed by atoms with Crippen LogP contribution in [-0.4, -0.2) is 22.4 Å². The van der Waals surface area contributed by atoms with Crippen LogP contribution in [0.1, 0.15) is 103 Å². The monoisotopic (exact) mass is 362 g/mol. The highest BCUT2D eigenvalue weighted by molar-refractivity contribution is 4.93. The topological polar surface area (TPSA) is 40.5 Å². The molecule has 0 aromatic carbocycles. The summed E-state index contributed by atoms with van der Waals surface area (Å²) >= 11 is 0. The maximum Gasteiger partial charge on any atom is 0.0573 e. The van der Waals surface area contributed by atoms with Gasteiger partial charge in [0, 0.05) is 0 Å². The Bertz CT molecular complexity index is 424. The molecule has 2 N–H and O–H groups in total. The Labute approximate surface area is 161 Å². The van der Waals surface area contributed by atoms with Crippen molar-refractivity contribution < 1.29 is 10.2 Å². The second-order valence-corrected chi connectivity index (χ2v) is 10.4. The second-order valence-electron chi connectivity index (χ2n) is 10.4. The predicted octanol–water partition coefficient (Wildman–Crippen LogP) is 5.70. The molecule has 2 nitrogen and oxygen atoms in total. The summed E-state index contributed by atoms with van der Waals surface area (Å²) < 4.78 is 0. The van der Waals surface area contributed by atoms with Crippen LogP contribution < -0.4 is 0 Å². The molecule has 0 amide bonds. The maximum absolute atomic E-state index is 11.0. The van der Waals surface area contributed by atoms with E-state index in [0.29, 0.717) is 17.8 Å². The van der Waals surface area contributed by atoms with E-state index in [9.17, 15) is 10.2 Å². The third-order valence-electron chi connectivity index (χ3n) is 8.99. The molecule has 0 saturated heterocycles. The van der Waals surface area contributed by atoms with Crippen molar-refractivity contribution in [1.29, 1.82) is 0 Å². The summed E-state index contributed by atoms with van der Waals surface area (Å²) in [6.45, 7) is 0. The lowest BCUT2D eigenvalue weighted by Crippen LogP contribution is -2.42. The molecule has 0 aromatic heterocycles. The summed E-state index contributed by atoms with van der Waals surface area (Å²) in [4.78, 5) is 0. The quantitative estimate of drug-likeness (QED) is 0.676. The van der Waals surface area contributed by atoms with Crippen molar-refractivity contribution in [2.75, 3.05) is 0 Å². The summed E-state index contributed by atoms with van der Waals surface area (Å²) in [7, 11) is 0. The first-order chi connectivity index (χ1) is 12.7. The molecule has 0 bridgehead atoms. The van der Waals surface area contributed by atoms with E-state index in [0.717, 1.165) is 37.0 Å². The van der Waals surface area contributed by atoms with Crippen molar-refractivity contribution in [3.8, 4) is 0 Å². The van der Waals surface area contributed by atoms with E-state index >= 15 is 0 Å². The molecule has 0 aromatic rings. The highest BCUT2D eigenvalue weighted by Gasteiger charge is 2.42. The highest BCUT2D eigenvalue weighted by atomic mass is 16.3. The Morgan fingerprint density at radius 1 is 0.385 bits per heavy atom. The summed E-state index contributed by atoms with van der Waals surface area (Å²) in [6.07, 6.45) is 20.8. The minimum Gasteiger partial charge on any atom is -0.393 e. The molecule has 4 saturated carbocycles. The third kappa shape index (κ3) is 4.32. The lowest BCUT2D eigenvalue weighted by atomic mass is 9.61. The van der Waals surface area contributed by atoms with E-state index in [4.69, 9.17) is 0 Å². The van der Waals surface area contributed by atoms with Crippen LogP contribution in [0, 0.1) is 35.5 Å². The van der Waals surface area contributed by atoms with Crippen molar-refractivity contribution in [1.82, 2.24) is 0 Å². The average Bonchev–Trinajstić information content (AvgIpc) is 2.70. The van der Waals surface area contributed by atoms with E-state index in [-0.39, 0.29) is 12.2 Å². The van der Waals surface area contributed by atoms with Gasteiger partial charge in [-0.1, -0.05) is 64.2 Å². The van der Waals surface area contributed by atoms with Crippen molar-refractivity contribution in [3.05, 3.63) is 0 Å². The molecular formula is C24H42O2. The van der Waals surface area contributed by atoms with E-state index in [1.54, 1.807) is 0 Å². The lowest BCUT2D eigenvalue weighted by molar-refractivity contribution is -0.0502. The zero-order chi connectivity index (χ0) is 17.9. The largest absolute Gasteiger partial charge is 0.393 e. The molecule has 4 aliphatic rings. The maximum atomic E-state index is 11.0. The van der Waals surface area contributed by atoms with Crippen molar-refractivity contribution in [2.24, 2.45) is 35.5 Å². The van der Waals surface area contributed by atoms with Gasteiger partial charge in [0.1, 0.15) is 0 Å². The zero-order valence-corrected chi connectivity index (χ0v) is 16.8. The molecule has 0 radical (unpaired) electrons. The van der Waals surface area contributed by atoms with Crippen LogP contribution in [0.2, 0.25) is 0 Å². The predicted molar refractivity (Wildman–Crippen MR) is 107 cm³/mol. The van der Waals surface area contributed by atoms with Gasteiger partial charge in [0.25, 0.3) is 0 Å². The van der Waals surface area contributed by atoms with Gasteiger partial charge in [-0.25, -0.2) is 0 Å². The normalized spacial score (nSPS) is 44.1. The molecule has 6 unspecified atom stereocenters. The second kappa shape index (κ2) is 8.95. The molecule has 4 fully saturated rings. The Morgan fingerprint density at radius 3 is 1.65 bits per heavy atom. The minimum absolute atomic E-state index is 0.0647. The van der Waals surface area contributed by atoms with Gasteiger partial charge in [-0.15, -0.1) is 0 Å². The lowest BCUT2D eigenvalue weighted by Gasteiger charge is -2.46. The van der Waals surface area contributed by atoms with Gasteiger partial charge in [-0.3, -0.25) is 0 Å². The standard InChI is InChI=1S/C24H42O2/c25-23-14-12-20(15-22(23)18-9-5-2-6-10-18)21-13-11-19(16-24(21)26)17-7-3-1-4-8-17/h17-26H,1-16H2. The van der Waals surface area contributed by atoms with E-state index < -0.39 is 0 Å². The van der Waals surface area contributed by atoms with Crippen molar-refractivity contribution in [3.63, 3.8) is 0 Å². The molecule has 0 spiro atoms. The molecule has 4 aliphatic carbocycles. The third-order valence-corrected chi connectivity index (χ3v) is 8.99. The Kier molecular flexibility index (Phi) is 6.62. The molecular weight excluding hydrogens is 320 g/mol. The number of rotatable bonds is 3. The zero-order valence-electron chi connectivity index (χ0n) is 16.8. The SMILES string of the molecule is OC1CC(C2CCCCC2)CCC1C1CCC(O)C(C2CCCCC2)C1. The van der Waals surface area contributed by atoms with Crippen LogP contribution in [0.15, 0.2) is 0 Å². The van der Waals surface area contributed by atoms with Crippen molar-refractivity contribution >= 4 is 0 Å². The van der Waals surface area contributed by atoms with Crippen LogP contribution in [-0.2, 0) is 0 Å². The first kappa shape index (κ1) is 19.2. The Hall–Kier alpha value is -0.0800. The molecule has 26 heavy (non-hydrogen) atoms. The fourth-order valence-corrected chi connectivity index (χ4v) is 7.47. The van der Waals surface area contributed by atoms with E-state index in [1.165, 1.54) is 83.5 Å². The van der Waals surface area contributed by atoms with Gasteiger partial charge >= 0.3 is 0 Å². The Morgan fingerprint density at radius 2 is 1.00 bits per heavy atom. The van der Waals surface area contributed by atoms with Crippen LogP contribution in [0.3, 0.4) is 0 Å². The summed E-state index contributed by atoms with van der Waals surface area (Å²) in [5.74, 6) is 4.18. The van der Waals surface area contributed by atoms with Crippen molar-refractivity contribution in [2.45, 2.75) is 115 Å². The van der Waals surface area contributed by atoms with Crippen LogP contribution >= 0.6 is 0 Å². The summed E-state index contributed by atoms with van der Waals surface area (Å²) in [6, 6.07) is 0. The van der Waals surface area contributed by atoms with Gasteiger partial charge in [-0.05, 0) is 74.0 Å². The first-order valence-corrected chi connectivity index (χ1v) is 12.1. The van der Waals surface area contributed by atoms with E-state index in [1.807, 2.05) is 0 Å². The smallest absolute Gasteiger partial charge is 0.0573 e. The molecule has 6 atom stereocenters. The van der Waals surface area contributed by atoms with Gasteiger partial charge < -0.3 is 10.2 Å². The molecule has 0 aliphatic heterocycles. The fourth-order valence-electron chi connectivity index (χ4n) is 7.47. The van der Waals surface area contributed by atoms with Crippen LogP contribution in [0.4, 0.5) is 0 Å². The molecule has 2 heteroatoms. The summed E-state index contributed by atoms with van der Waals surface area (Å²) in [5.41, 5.74) is 0. The van der Waals surface area contributed by atoms with Gasteiger partial charge in [-0.2, -0.15) is 0 Å². The van der Waals surface area contributed by atoms with Gasteiger partial charge in [0.05, 0.1) is 12.2 Å². The highest BCUT2D eigenvalue weighted by Crippen LogP contribution is 2.48. The number of hydrogen-bond acceptors (Lipinski definition) is 2.